The van der Waals surface area contributed by atoms with E-state index in [1.807, 2.05) is 12.1 Å². The Morgan fingerprint density at radius 1 is 1.32 bits per heavy atom. The van der Waals surface area contributed by atoms with Crippen LogP contribution in [0.5, 0.6) is 0 Å². The van der Waals surface area contributed by atoms with E-state index >= 15 is 0 Å². The molecule has 1 aliphatic heterocycles. The maximum atomic E-state index is 12.5. The summed E-state index contributed by atoms with van der Waals surface area (Å²) < 4.78 is 0.874. The molecule has 2 heterocycles. The third-order valence-corrected chi connectivity index (χ3v) is 5.06. The van der Waals surface area contributed by atoms with Crippen LogP contribution in [0.25, 0.3) is 0 Å². The van der Waals surface area contributed by atoms with Gasteiger partial charge in [0.15, 0.2) is 0 Å². The van der Waals surface area contributed by atoms with Gasteiger partial charge in [-0.25, -0.2) is 4.98 Å². The van der Waals surface area contributed by atoms with Gasteiger partial charge in [-0.1, -0.05) is 27.5 Å². The number of hydrogen-bond acceptors (Lipinski definition) is 4. The molecule has 1 fully saturated rings. The average Bonchev–Trinajstić information content (AvgIpc) is 2.64. The number of rotatable bonds is 3. The van der Waals surface area contributed by atoms with Crippen LogP contribution in [0.4, 0.5) is 11.5 Å². The van der Waals surface area contributed by atoms with Gasteiger partial charge >= 0.3 is 0 Å². The third-order valence-electron chi connectivity index (χ3n) is 4.26. The number of nitrogens with zero attached hydrogens (tertiary/aromatic N) is 3. The molecule has 5 nitrogen and oxygen atoms in total. The van der Waals surface area contributed by atoms with Crippen LogP contribution in [0, 0.1) is 17.2 Å². The minimum atomic E-state index is -0.0469. The van der Waals surface area contributed by atoms with Crippen LogP contribution in [0.2, 0.25) is 5.02 Å². The van der Waals surface area contributed by atoms with E-state index in [0.717, 1.165) is 36.2 Å². The van der Waals surface area contributed by atoms with Gasteiger partial charge in [-0.15, -0.1) is 0 Å². The minimum absolute atomic E-state index is 0.00309. The Kier molecular flexibility index (Phi) is 5.57. The maximum Gasteiger partial charge on any atom is 0.227 e. The van der Waals surface area contributed by atoms with Crippen molar-refractivity contribution in [2.75, 3.05) is 23.3 Å². The molecule has 1 amide bonds. The molecule has 1 aromatic carbocycles. The predicted octanol–water partition coefficient (Wildman–Crippen LogP) is 4.22. The molecule has 7 heteroatoms. The van der Waals surface area contributed by atoms with Crippen LogP contribution in [0.3, 0.4) is 0 Å². The van der Waals surface area contributed by atoms with E-state index in [1.54, 1.807) is 24.4 Å². The van der Waals surface area contributed by atoms with Crippen molar-refractivity contribution >= 4 is 44.9 Å². The second-order valence-electron chi connectivity index (χ2n) is 5.89. The lowest BCUT2D eigenvalue weighted by molar-refractivity contribution is -0.120. The van der Waals surface area contributed by atoms with Crippen molar-refractivity contribution in [1.82, 2.24) is 4.98 Å². The minimum Gasteiger partial charge on any atom is -0.357 e. The molecule has 1 aliphatic rings. The first-order valence-corrected chi connectivity index (χ1v) is 9.11. The molecule has 128 valence electrons. The fourth-order valence-electron chi connectivity index (χ4n) is 2.84. The average molecular weight is 420 g/mol. The monoisotopic (exact) mass is 418 g/mol. The lowest BCUT2D eigenvalue weighted by Gasteiger charge is -2.32. The molecular formula is C18H16BrClN4O. The molecule has 1 N–H and O–H groups in total. The number of carbonyl (C=O) groups excluding carboxylic acids is 1. The molecule has 1 saturated heterocycles. The number of piperidine rings is 1. The van der Waals surface area contributed by atoms with Crippen molar-refractivity contribution in [2.24, 2.45) is 5.92 Å². The summed E-state index contributed by atoms with van der Waals surface area (Å²) in [5.41, 5.74) is 1.18. The fraction of sp³-hybridized carbons (Fsp3) is 0.278. The van der Waals surface area contributed by atoms with E-state index in [2.05, 4.69) is 37.2 Å². The molecule has 2 aromatic rings. The van der Waals surface area contributed by atoms with Crippen LogP contribution in [0.1, 0.15) is 18.4 Å². The molecular weight excluding hydrogens is 404 g/mol. The van der Waals surface area contributed by atoms with Crippen molar-refractivity contribution in [3.05, 3.63) is 51.6 Å². The molecule has 0 aliphatic carbocycles. The van der Waals surface area contributed by atoms with Gasteiger partial charge in [0.2, 0.25) is 5.91 Å². The van der Waals surface area contributed by atoms with Crippen LogP contribution in [-0.4, -0.2) is 24.0 Å². The van der Waals surface area contributed by atoms with Crippen LogP contribution >= 0.6 is 27.5 Å². The lowest BCUT2D eigenvalue weighted by atomic mass is 9.95. The SMILES string of the molecule is N#Cc1ccc(N2CCC(C(=O)Nc3ccc(Br)cc3Cl)CC2)nc1. The van der Waals surface area contributed by atoms with E-state index in [1.165, 1.54) is 0 Å². The van der Waals surface area contributed by atoms with Crippen LogP contribution in [-0.2, 0) is 4.79 Å². The Morgan fingerprint density at radius 3 is 2.68 bits per heavy atom. The van der Waals surface area contributed by atoms with Gasteiger partial charge in [-0.3, -0.25) is 4.79 Å². The number of nitrogens with one attached hydrogen (secondary N) is 1. The third kappa shape index (κ3) is 4.30. The lowest BCUT2D eigenvalue weighted by Crippen LogP contribution is -2.38. The first kappa shape index (κ1) is 17.7. The number of carbonyl (C=O) groups is 1. The van der Waals surface area contributed by atoms with E-state index < -0.39 is 0 Å². The van der Waals surface area contributed by atoms with Gasteiger partial charge in [0.1, 0.15) is 11.9 Å². The number of nitriles is 1. The summed E-state index contributed by atoms with van der Waals surface area (Å²) in [6.07, 6.45) is 3.08. The highest BCUT2D eigenvalue weighted by Gasteiger charge is 2.26. The largest absolute Gasteiger partial charge is 0.357 e. The highest BCUT2D eigenvalue weighted by Crippen LogP contribution is 2.28. The summed E-state index contributed by atoms with van der Waals surface area (Å²) >= 11 is 9.51. The number of hydrogen-bond donors (Lipinski definition) is 1. The standard InChI is InChI=1S/C18H16BrClN4O/c19-14-2-3-16(15(20)9-14)23-18(25)13-5-7-24(8-6-13)17-4-1-12(10-21)11-22-17/h1-4,9,11,13H,5-8H2,(H,23,25). The van der Waals surface area contributed by atoms with Crippen LogP contribution < -0.4 is 10.2 Å². The molecule has 1 aromatic heterocycles. The van der Waals surface area contributed by atoms with Crippen molar-refractivity contribution in [3.8, 4) is 6.07 Å². The summed E-state index contributed by atoms with van der Waals surface area (Å²) in [4.78, 5) is 18.9. The molecule has 0 atom stereocenters. The Morgan fingerprint density at radius 2 is 2.08 bits per heavy atom. The van der Waals surface area contributed by atoms with Gasteiger partial charge in [0, 0.05) is 29.7 Å². The fourth-order valence-corrected chi connectivity index (χ4v) is 3.56. The Bertz CT molecular complexity index is 811. The summed E-state index contributed by atoms with van der Waals surface area (Å²) in [7, 11) is 0. The van der Waals surface area contributed by atoms with Crippen molar-refractivity contribution in [1.29, 1.82) is 5.26 Å². The van der Waals surface area contributed by atoms with Gasteiger partial charge in [0.05, 0.1) is 16.3 Å². The summed E-state index contributed by atoms with van der Waals surface area (Å²) in [5.74, 6) is 0.791. The van der Waals surface area contributed by atoms with E-state index in [4.69, 9.17) is 16.9 Å². The number of aromatic nitrogens is 1. The maximum absolute atomic E-state index is 12.5. The normalized spacial score (nSPS) is 14.8. The number of anilines is 2. The molecule has 0 unspecified atom stereocenters. The predicted molar refractivity (Wildman–Crippen MR) is 102 cm³/mol. The topological polar surface area (TPSA) is 69.0 Å². The second kappa shape index (κ2) is 7.85. The zero-order valence-corrected chi connectivity index (χ0v) is 15.7. The number of pyridine rings is 1. The highest BCUT2D eigenvalue weighted by molar-refractivity contribution is 9.10. The van der Waals surface area contributed by atoms with Crippen molar-refractivity contribution < 1.29 is 4.79 Å². The highest BCUT2D eigenvalue weighted by atomic mass is 79.9. The molecule has 0 spiro atoms. The Hall–Kier alpha value is -2.10. The van der Waals surface area contributed by atoms with E-state index in [-0.39, 0.29) is 11.8 Å². The quantitative estimate of drug-likeness (QED) is 0.808. The first-order chi connectivity index (χ1) is 12.1. The zero-order valence-electron chi connectivity index (χ0n) is 13.4. The molecule has 3 rings (SSSR count). The number of benzene rings is 1. The summed E-state index contributed by atoms with van der Waals surface area (Å²) in [6, 6.07) is 11.1. The van der Waals surface area contributed by atoms with E-state index in [0.29, 0.717) is 16.3 Å². The Balaban J connectivity index is 1.57. The first-order valence-electron chi connectivity index (χ1n) is 7.94. The molecule has 0 saturated carbocycles. The van der Waals surface area contributed by atoms with Crippen molar-refractivity contribution in [3.63, 3.8) is 0 Å². The van der Waals surface area contributed by atoms with E-state index in [9.17, 15) is 4.79 Å². The number of halogens is 2. The zero-order chi connectivity index (χ0) is 17.8. The smallest absolute Gasteiger partial charge is 0.227 e. The van der Waals surface area contributed by atoms with Gasteiger partial charge in [-0.2, -0.15) is 5.26 Å². The van der Waals surface area contributed by atoms with Crippen LogP contribution in [0.15, 0.2) is 41.0 Å². The number of amides is 1. The second-order valence-corrected chi connectivity index (χ2v) is 7.21. The molecule has 25 heavy (non-hydrogen) atoms. The van der Waals surface area contributed by atoms with Gasteiger partial charge in [-0.05, 0) is 43.2 Å². The van der Waals surface area contributed by atoms with Gasteiger partial charge in [0.25, 0.3) is 0 Å². The van der Waals surface area contributed by atoms with Crippen molar-refractivity contribution in [2.45, 2.75) is 12.8 Å². The molecule has 0 bridgehead atoms. The summed E-state index contributed by atoms with van der Waals surface area (Å²) in [5, 5.41) is 12.3. The van der Waals surface area contributed by atoms with Gasteiger partial charge < -0.3 is 10.2 Å². The Labute approximate surface area is 159 Å². The molecule has 0 radical (unpaired) electrons. The summed E-state index contributed by atoms with van der Waals surface area (Å²) in [6.45, 7) is 1.51.